The van der Waals surface area contributed by atoms with E-state index in [2.05, 4.69) is 5.32 Å². The highest BCUT2D eigenvalue weighted by Crippen LogP contribution is 2.20. The van der Waals surface area contributed by atoms with Gasteiger partial charge in [0.05, 0.1) is 4.90 Å². The third-order valence-electron chi connectivity index (χ3n) is 4.51. The summed E-state index contributed by atoms with van der Waals surface area (Å²) >= 11 is 0. The molecular formula is C18H23N3O3S. The molecule has 0 unspecified atom stereocenters. The van der Waals surface area contributed by atoms with Crippen molar-refractivity contribution in [1.82, 2.24) is 14.2 Å². The number of carbonyl (C=O) groups is 1. The van der Waals surface area contributed by atoms with Crippen molar-refractivity contribution >= 4 is 15.9 Å². The standard InChI is InChI=1S/C18H23N3O3S/c1-20-11-5-6-17(20)18(22)19-14-15-7-9-16(10-8-15)25(23,24)21-12-3-2-4-13-21/h5-11H,2-4,12-14H2,1H3,(H,19,22). The number of hydrogen-bond donors (Lipinski definition) is 1. The Kier molecular flexibility index (Phi) is 5.24. The molecule has 0 bridgehead atoms. The van der Waals surface area contributed by atoms with Crippen molar-refractivity contribution in [2.75, 3.05) is 13.1 Å². The minimum absolute atomic E-state index is 0.155. The van der Waals surface area contributed by atoms with Gasteiger partial charge in [0.2, 0.25) is 10.0 Å². The molecule has 2 heterocycles. The molecule has 1 aliphatic rings. The number of sulfonamides is 1. The van der Waals surface area contributed by atoms with Gasteiger partial charge in [0.25, 0.3) is 5.91 Å². The zero-order chi connectivity index (χ0) is 17.9. The highest BCUT2D eigenvalue weighted by atomic mass is 32.2. The second-order valence-corrected chi connectivity index (χ2v) is 8.23. The highest BCUT2D eigenvalue weighted by molar-refractivity contribution is 7.89. The van der Waals surface area contributed by atoms with Gasteiger partial charge in [0.15, 0.2) is 0 Å². The Bertz CT molecular complexity index is 835. The van der Waals surface area contributed by atoms with Gasteiger partial charge in [-0.15, -0.1) is 0 Å². The van der Waals surface area contributed by atoms with E-state index in [-0.39, 0.29) is 5.91 Å². The fraction of sp³-hybridized carbons (Fsp3) is 0.389. The van der Waals surface area contributed by atoms with Gasteiger partial charge in [-0.1, -0.05) is 18.6 Å². The third kappa shape index (κ3) is 3.93. The first-order valence-electron chi connectivity index (χ1n) is 8.47. The van der Waals surface area contributed by atoms with Crippen LogP contribution in [0.4, 0.5) is 0 Å². The Morgan fingerprint density at radius 3 is 2.36 bits per heavy atom. The molecule has 1 N–H and O–H groups in total. The molecule has 3 rings (SSSR count). The van der Waals surface area contributed by atoms with Crippen molar-refractivity contribution in [3.8, 4) is 0 Å². The van der Waals surface area contributed by atoms with Crippen molar-refractivity contribution in [3.05, 3.63) is 53.9 Å². The zero-order valence-electron chi connectivity index (χ0n) is 14.3. The van der Waals surface area contributed by atoms with Crippen LogP contribution in [0.25, 0.3) is 0 Å². The van der Waals surface area contributed by atoms with Crippen LogP contribution in [0, 0.1) is 0 Å². The fourth-order valence-electron chi connectivity index (χ4n) is 3.00. The first kappa shape index (κ1) is 17.7. The van der Waals surface area contributed by atoms with Crippen LogP contribution in [0.15, 0.2) is 47.5 Å². The number of nitrogens with zero attached hydrogens (tertiary/aromatic N) is 2. The summed E-state index contributed by atoms with van der Waals surface area (Å²) in [6.07, 6.45) is 4.74. The maximum atomic E-state index is 12.6. The second-order valence-electron chi connectivity index (χ2n) is 6.30. The Morgan fingerprint density at radius 2 is 1.76 bits per heavy atom. The molecule has 0 aliphatic carbocycles. The molecule has 1 aliphatic heterocycles. The lowest BCUT2D eigenvalue weighted by molar-refractivity contribution is 0.0943. The number of benzene rings is 1. The summed E-state index contributed by atoms with van der Waals surface area (Å²) < 4.78 is 28.5. The van der Waals surface area contributed by atoms with Gasteiger partial charge < -0.3 is 9.88 Å². The first-order chi connectivity index (χ1) is 12.0. The maximum absolute atomic E-state index is 12.6. The van der Waals surface area contributed by atoms with Crippen molar-refractivity contribution in [2.45, 2.75) is 30.7 Å². The van der Waals surface area contributed by atoms with Crippen LogP contribution in [-0.2, 0) is 23.6 Å². The molecule has 0 atom stereocenters. The number of aryl methyl sites for hydroxylation is 1. The summed E-state index contributed by atoms with van der Waals surface area (Å²) in [5.41, 5.74) is 1.45. The van der Waals surface area contributed by atoms with E-state index < -0.39 is 10.0 Å². The molecule has 1 fully saturated rings. The van der Waals surface area contributed by atoms with Crippen molar-refractivity contribution < 1.29 is 13.2 Å². The highest BCUT2D eigenvalue weighted by Gasteiger charge is 2.25. The summed E-state index contributed by atoms with van der Waals surface area (Å²) in [6.45, 7) is 1.54. The van der Waals surface area contributed by atoms with Gasteiger partial charge in [-0.2, -0.15) is 4.31 Å². The minimum Gasteiger partial charge on any atom is -0.347 e. The predicted molar refractivity (Wildman–Crippen MR) is 95.6 cm³/mol. The van der Waals surface area contributed by atoms with E-state index in [1.807, 2.05) is 19.3 Å². The molecule has 6 nitrogen and oxygen atoms in total. The topological polar surface area (TPSA) is 71.4 Å². The lowest BCUT2D eigenvalue weighted by Gasteiger charge is -2.25. The number of aromatic nitrogens is 1. The minimum atomic E-state index is -3.41. The molecule has 134 valence electrons. The third-order valence-corrected chi connectivity index (χ3v) is 6.42. The van der Waals surface area contributed by atoms with Gasteiger partial charge in [0.1, 0.15) is 5.69 Å². The number of hydrogen-bond acceptors (Lipinski definition) is 3. The molecule has 25 heavy (non-hydrogen) atoms. The smallest absolute Gasteiger partial charge is 0.268 e. The maximum Gasteiger partial charge on any atom is 0.268 e. The predicted octanol–water partition coefficient (Wildman–Crippen LogP) is 2.13. The number of rotatable bonds is 5. The van der Waals surface area contributed by atoms with Gasteiger partial charge >= 0.3 is 0 Å². The van der Waals surface area contributed by atoms with E-state index in [0.29, 0.717) is 30.2 Å². The number of carbonyl (C=O) groups excluding carboxylic acids is 1. The van der Waals surface area contributed by atoms with Gasteiger partial charge in [0, 0.05) is 32.9 Å². The molecular weight excluding hydrogens is 338 g/mol. The molecule has 1 amide bonds. The van der Waals surface area contributed by atoms with E-state index >= 15 is 0 Å². The molecule has 1 saturated heterocycles. The van der Waals surface area contributed by atoms with Crippen LogP contribution in [-0.4, -0.2) is 36.3 Å². The lowest BCUT2D eigenvalue weighted by Crippen LogP contribution is -2.35. The Hall–Kier alpha value is -2.12. The van der Waals surface area contributed by atoms with Gasteiger partial charge in [-0.25, -0.2) is 8.42 Å². The van der Waals surface area contributed by atoms with E-state index in [1.54, 1.807) is 39.2 Å². The van der Waals surface area contributed by atoms with Crippen molar-refractivity contribution in [1.29, 1.82) is 0 Å². The zero-order valence-corrected chi connectivity index (χ0v) is 15.1. The SMILES string of the molecule is Cn1cccc1C(=O)NCc1ccc(S(=O)(=O)N2CCCCC2)cc1. The average Bonchev–Trinajstić information content (AvgIpc) is 3.07. The van der Waals surface area contributed by atoms with E-state index in [9.17, 15) is 13.2 Å². The summed E-state index contributed by atoms with van der Waals surface area (Å²) in [4.78, 5) is 12.4. The average molecular weight is 361 g/mol. The van der Waals surface area contributed by atoms with Crippen LogP contribution in [0.2, 0.25) is 0 Å². The fourth-order valence-corrected chi connectivity index (χ4v) is 4.52. The van der Waals surface area contributed by atoms with E-state index in [0.717, 1.165) is 24.8 Å². The van der Waals surface area contributed by atoms with Crippen LogP contribution < -0.4 is 5.32 Å². The van der Waals surface area contributed by atoms with Crippen LogP contribution >= 0.6 is 0 Å². The Labute approximate surface area is 148 Å². The van der Waals surface area contributed by atoms with Crippen LogP contribution in [0.5, 0.6) is 0 Å². The van der Waals surface area contributed by atoms with Crippen molar-refractivity contribution in [3.63, 3.8) is 0 Å². The van der Waals surface area contributed by atoms with Crippen LogP contribution in [0.1, 0.15) is 35.3 Å². The first-order valence-corrected chi connectivity index (χ1v) is 9.91. The monoisotopic (exact) mass is 361 g/mol. The molecule has 7 heteroatoms. The van der Waals surface area contributed by atoms with Gasteiger partial charge in [-0.05, 0) is 42.7 Å². The summed E-state index contributed by atoms with van der Waals surface area (Å²) in [5.74, 6) is -0.155. The molecule has 0 radical (unpaired) electrons. The number of piperidine rings is 1. The second kappa shape index (κ2) is 7.41. The quantitative estimate of drug-likeness (QED) is 0.887. The van der Waals surface area contributed by atoms with Crippen LogP contribution in [0.3, 0.4) is 0 Å². The molecule has 0 saturated carbocycles. The van der Waals surface area contributed by atoms with Crippen molar-refractivity contribution in [2.24, 2.45) is 7.05 Å². The van der Waals surface area contributed by atoms with E-state index in [4.69, 9.17) is 0 Å². The number of nitrogens with one attached hydrogen (secondary N) is 1. The normalized spacial score (nSPS) is 15.9. The Morgan fingerprint density at radius 1 is 1.08 bits per heavy atom. The largest absolute Gasteiger partial charge is 0.347 e. The van der Waals surface area contributed by atoms with E-state index in [1.165, 1.54) is 0 Å². The number of amides is 1. The summed E-state index contributed by atoms with van der Waals surface area (Å²) in [5, 5.41) is 2.84. The Balaban J connectivity index is 1.64. The molecule has 1 aromatic carbocycles. The summed E-state index contributed by atoms with van der Waals surface area (Å²) in [7, 11) is -1.59. The molecule has 2 aromatic rings. The summed E-state index contributed by atoms with van der Waals surface area (Å²) in [6, 6.07) is 10.3. The molecule has 0 spiro atoms. The van der Waals surface area contributed by atoms with Gasteiger partial charge in [-0.3, -0.25) is 4.79 Å². The molecule has 1 aromatic heterocycles. The lowest BCUT2D eigenvalue weighted by atomic mass is 10.2.